The van der Waals surface area contributed by atoms with E-state index in [-0.39, 0.29) is 35.6 Å². The normalized spacial score (nSPS) is 13.9. The van der Waals surface area contributed by atoms with Crippen LogP contribution in [-0.4, -0.2) is 55.1 Å². The number of hydrogen-bond donors (Lipinski definition) is 3. The number of rotatable bonds is 5. The lowest BCUT2D eigenvalue weighted by atomic mass is 10.2. The Balaban J connectivity index is 0.00000306. The molecule has 0 radical (unpaired) electrons. The van der Waals surface area contributed by atoms with Gasteiger partial charge in [0.1, 0.15) is 5.75 Å². The molecule has 0 saturated carbocycles. The van der Waals surface area contributed by atoms with Crippen LogP contribution >= 0.6 is 24.0 Å². The highest BCUT2D eigenvalue weighted by molar-refractivity contribution is 14.0. The van der Waals surface area contributed by atoms with E-state index in [1.54, 1.807) is 25.2 Å². The molecule has 33 heavy (non-hydrogen) atoms. The van der Waals surface area contributed by atoms with Gasteiger partial charge in [-0.15, -0.1) is 24.0 Å². The van der Waals surface area contributed by atoms with Crippen LogP contribution in [0.4, 0.5) is 11.4 Å². The second kappa shape index (κ2) is 11.6. The first-order chi connectivity index (χ1) is 15.6. The van der Waals surface area contributed by atoms with Crippen molar-refractivity contribution in [1.29, 1.82) is 0 Å². The highest BCUT2D eigenvalue weighted by Gasteiger charge is 2.21. The number of hydrogen-bond acceptors (Lipinski definition) is 5. The number of nitrogens with zero attached hydrogens (tertiary/aromatic N) is 3. The van der Waals surface area contributed by atoms with E-state index in [0.29, 0.717) is 18.0 Å². The number of para-hydroxylation sites is 2. The number of guanidine groups is 1. The third kappa shape index (κ3) is 6.19. The molecule has 1 saturated heterocycles. The molecular weight excluding hydrogens is 533 g/mol. The van der Waals surface area contributed by atoms with Crippen LogP contribution in [0.1, 0.15) is 16.1 Å². The van der Waals surface area contributed by atoms with Crippen molar-refractivity contribution in [3.05, 3.63) is 78.3 Å². The second-order valence-corrected chi connectivity index (χ2v) is 7.50. The molecule has 9 heteroatoms. The van der Waals surface area contributed by atoms with Crippen LogP contribution in [0, 0.1) is 0 Å². The fourth-order valence-electron chi connectivity index (χ4n) is 3.76. The number of amides is 1. The van der Waals surface area contributed by atoms with E-state index >= 15 is 0 Å². The average molecular weight is 561 g/mol. The van der Waals surface area contributed by atoms with Gasteiger partial charge in [0.2, 0.25) is 0 Å². The quantitative estimate of drug-likeness (QED) is 0.250. The molecule has 1 aromatic heterocycles. The van der Waals surface area contributed by atoms with E-state index in [1.165, 1.54) is 6.26 Å². The highest BCUT2D eigenvalue weighted by atomic mass is 127. The number of nitrogens with one attached hydrogen (secondary N) is 2. The molecule has 0 spiro atoms. The number of carbonyl (C=O) groups is 1. The monoisotopic (exact) mass is 561 g/mol. The van der Waals surface area contributed by atoms with Gasteiger partial charge in [0, 0.05) is 45.5 Å². The van der Waals surface area contributed by atoms with Gasteiger partial charge in [-0.25, -0.2) is 0 Å². The molecule has 2 heterocycles. The number of aliphatic imine (C=N–C) groups is 1. The predicted octanol–water partition coefficient (Wildman–Crippen LogP) is 3.75. The number of phenolic OH excluding ortho intramolecular Hbond substituents is 1. The Morgan fingerprint density at radius 2 is 1.85 bits per heavy atom. The van der Waals surface area contributed by atoms with Crippen molar-refractivity contribution in [3.63, 3.8) is 0 Å². The molecule has 174 valence electrons. The lowest BCUT2D eigenvalue weighted by Crippen LogP contribution is -2.52. The molecule has 1 aliphatic heterocycles. The number of carbonyl (C=O) groups excluding carboxylic acids is 1. The van der Waals surface area contributed by atoms with E-state index < -0.39 is 0 Å². The first kappa shape index (κ1) is 24.4. The lowest BCUT2D eigenvalue weighted by Gasteiger charge is -2.37. The van der Waals surface area contributed by atoms with Crippen LogP contribution in [0.25, 0.3) is 0 Å². The minimum absolute atomic E-state index is 0. The maximum Gasteiger partial charge on any atom is 0.291 e. The summed E-state index contributed by atoms with van der Waals surface area (Å²) in [4.78, 5) is 21.0. The van der Waals surface area contributed by atoms with Gasteiger partial charge in [-0.05, 0) is 42.0 Å². The van der Waals surface area contributed by atoms with Crippen LogP contribution in [0.3, 0.4) is 0 Å². The minimum atomic E-state index is -0.279. The van der Waals surface area contributed by atoms with E-state index in [1.807, 2.05) is 42.5 Å². The van der Waals surface area contributed by atoms with Gasteiger partial charge in [-0.1, -0.05) is 24.3 Å². The van der Waals surface area contributed by atoms with Crippen molar-refractivity contribution in [2.45, 2.75) is 6.54 Å². The highest BCUT2D eigenvalue weighted by Crippen LogP contribution is 2.27. The summed E-state index contributed by atoms with van der Waals surface area (Å²) in [5, 5.41) is 16.4. The molecule has 0 aliphatic carbocycles. The standard InChI is InChI=1S/C24H27N5O3.HI/c1-25-24(29-13-11-28(12-14-29)20-8-2-3-9-21(20)30)26-17-18-6-4-7-19(16-18)27-23(31)22-10-5-15-32-22;/h2-10,15-16,30H,11-14,17H2,1H3,(H,25,26)(H,27,31);1H. The molecule has 0 unspecified atom stereocenters. The maximum absolute atomic E-state index is 12.2. The van der Waals surface area contributed by atoms with Crippen LogP contribution in [0.2, 0.25) is 0 Å². The SMILES string of the molecule is CN=C(NCc1cccc(NC(=O)c2ccco2)c1)N1CCN(c2ccccc2O)CC1.I. The topological polar surface area (TPSA) is 93.3 Å². The molecule has 3 aromatic rings. The van der Waals surface area contributed by atoms with E-state index in [0.717, 1.165) is 43.4 Å². The fraction of sp³-hybridized carbons (Fsp3) is 0.250. The van der Waals surface area contributed by atoms with E-state index in [9.17, 15) is 9.90 Å². The van der Waals surface area contributed by atoms with Gasteiger partial charge in [0.05, 0.1) is 12.0 Å². The molecule has 4 rings (SSSR count). The Labute approximate surface area is 210 Å². The summed E-state index contributed by atoms with van der Waals surface area (Å²) in [5.74, 6) is 1.13. The molecule has 2 aromatic carbocycles. The minimum Gasteiger partial charge on any atom is -0.506 e. The Kier molecular flexibility index (Phi) is 8.58. The zero-order chi connectivity index (χ0) is 22.3. The molecule has 0 atom stereocenters. The van der Waals surface area contributed by atoms with Gasteiger partial charge in [-0.3, -0.25) is 9.79 Å². The maximum atomic E-state index is 12.2. The Bertz CT molecular complexity index is 1080. The van der Waals surface area contributed by atoms with Crippen molar-refractivity contribution in [3.8, 4) is 5.75 Å². The zero-order valence-corrected chi connectivity index (χ0v) is 20.7. The van der Waals surface area contributed by atoms with Crippen molar-refractivity contribution >= 4 is 47.2 Å². The molecule has 3 N–H and O–H groups in total. The molecule has 1 aliphatic rings. The van der Waals surface area contributed by atoms with Gasteiger partial charge in [0.15, 0.2) is 11.7 Å². The van der Waals surface area contributed by atoms with Crippen molar-refractivity contribution in [1.82, 2.24) is 10.2 Å². The molecule has 8 nitrogen and oxygen atoms in total. The summed E-state index contributed by atoms with van der Waals surface area (Å²) >= 11 is 0. The average Bonchev–Trinajstić information content (AvgIpc) is 3.36. The third-order valence-corrected chi connectivity index (χ3v) is 5.39. The first-order valence-electron chi connectivity index (χ1n) is 10.6. The summed E-state index contributed by atoms with van der Waals surface area (Å²) in [6.45, 7) is 3.77. The van der Waals surface area contributed by atoms with Crippen LogP contribution < -0.4 is 15.5 Å². The van der Waals surface area contributed by atoms with Crippen LogP contribution in [0.5, 0.6) is 5.75 Å². The summed E-state index contributed by atoms with van der Waals surface area (Å²) in [6, 6.07) is 18.4. The number of furan rings is 1. The molecule has 1 fully saturated rings. The van der Waals surface area contributed by atoms with Crippen molar-refractivity contribution in [2.24, 2.45) is 4.99 Å². The van der Waals surface area contributed by atoms with Crippen LogP contribution in [0.15, 0.2) is 76.3 Å². The number of benzene rings is 2. The fourth-order valence-corrected chi connectivity index (χ4v) is 3.76. The van der Waals surface area contributed by atoms with E-state index in [4.69, 9.17) is 4.42 Å². The number of aromatic hydroxyl groups is 1. The number of anilines is 2. The third-order valence-electron chi connectivity index (χ3n) is 5.39. The van der Waals surface area contributed by atoms with Crippen molar-refractivity contribution < 1.29 is 14.3 Å². The number of piperazine rings is 1. The molecule has 0 bridgehead atoms. The summed E-state index contributed by atoms with van der Waals surface area (Å²) in [7, 11) is 1.78. The van der Waals surface area contributed by atoms with Gasteiger partial charge >= 0.3 is 0 Å². The number of phenols is 1. The Hall–Kier alpha value is -3.21. The second-order valence-electron chi connectivity index (χ2n) is 7.50. The molecule has 1 amide bonds. The predicted molar refractivity (Wildman–Crippen MR) is 141 cm³/mol. The smallest absolute Gasteiger partial charge is 0.291 e. The number of halogens is 1. The van der Waals surface area contributed by atoms with Gasteiger partial charge < -0.3 is 30.0 Å². The Morgan fingerprint density at radius 3 is 2.55 bits per heavy atom. The van der Waals surface area contributed by atoms with Gasteiger partial charge in [0.25, 0.3) is 5.91 Å². The molecular formula is C24H28IN5O3. The summed E-state index contributed by atoms with van der Waals surface area (Å²) in [5.41, 5.74) is 2.59. The summed E-state index contributed by atoms with van der Waals surface area (Å²) in [6.07, 6.45) is 1.48. The zero-order valence-electron chi connectivity index (χ0n) is 18.4. The largest absolute Gasteiger partial charge is 0.506 e. The van der Waals surface area contributed by atoms with E-state index in [2.05, 4.69) is 25.4 Å². The van der Waals surface area contributed by atoms with Gasteiger partial charge in [-0.2, -0.15) is 0 Å². The first-order valence-corrected chi connectivity index (χ1v) is 10.6. The Morgan fingerprint density at radius 1 is 1.06 bits per heavy atom. The van der Waals surface area contributed by atoms with Crippen LogP contribution in [-0.2, 0) is 6.54 Å². The summed E-state index contributed by atoms with van der Waals surface area (Å²) < 4.78 is 5.14. The lowest BCUT2D eigenvalue weighted by molar-refractivity contribution is 0.0996. The van der Waals surface area contributed by atoms with Crippen molar-refractivity contribution in [2.75, 3.05) is 43.4 Å².